The van der Waals surface area contributed by atoms with E-state index >= 15 is 0 Å². The zero-order chi connectivity index (χ0) is 55.6. The van der Waals surface area contributed by atoms with Crippen LogP contribution in [0.2, 0.25) is 0 Å². The smallest absolute Gasteiger partial charge is 0.335 e. The van der Waals surface area contributed by atoms with Crippen LogP contribution in [-0.4, -0.2) is 121 Å². The number of allylic oxidation sites excluding steroid dienone is 1. The van der Waals surface area contributed by atoms with Crippen molar-refractivity contribution >= 4 is 22.5 Å². The van der Waals surface area contributed by atoms with Gasteiger partial charge in [0.15, 0.2) is 5.78 Å². The summed E-state index contributed by atoms with van der Waals surface area (Å²) in [4.78, 5) is 25.8. The SMILES string of the molecule is CC(=O)c1c(C)c(O)c2cc(C(=O)O)cc(OC3OC4C(O)C5(CCCC5)CC5OC4(CC4C6=C5CC=C6C5(CCCO)COCC6CC78CC4(NNC7CC4(CC7(CCCC7)CC47CCC4(CCCC4)C7)C8)C65)C(O)C3O)c2c1O. The van der Waals surface area contributed by atoms with Crippen molar-refractivity contribution in [3.05, 3.63) is 51.6 Å². The fourth-order valence-corrected chi connectivity index (χ4v) is 24.5. The number of aliphatic hydroxyl groups excluding tert-OH is 4. The normalized spacial score (nSPS) is 45.1. The Balaban J connectivity index is 0.840. The molecule has 16 rings (SSSR count). The Morgan fingerprint density at radius 3 is 2.27 bits per heavy atom. The second kappa shape index (κ2) is 17.5. The summed E-state index contributed by atoms with van der Waals surface area (Å²) in [6.45, 7) is 4.03. The van der Waals surface area contributed by atoms with E-state index in [9.17, 15) is 45.3 Å². The van der Waals surface area contributed by atoms with E-state index in [4.69, 9.17) is 18.9 Å². The second-order valence-electron chi connectivity index (χ2n) is 30.5. The number of hydrazine groups is 1. The highest BCUT2D eigenvalue weighted by Gasteiger charge is 2.80. The molecule has 12 fully saturated rings. The number of Topliss-reactive ketones (excluding diaryl/α,β-unsaturated/α-hetero) is 1. The molecule has 9 N–H and O–H groups in total. The number of fused-ring (bicyclic) bond motifs is 5. The number of aromatic carboxylic acids is 1. The number of ketones is 1. The third-order valence-electron chi connectivity index (χ3n) is 27.0. The molecule has 14 aliphatic rings. The number of aromatic hydroxyl groups is 2. The number of benzene rings is 2. The van der Waals surface area contributed by atoms with Crippen molar-refractivity contribution in [1.82, 2.24) is 10.9 Å². The van der Waals surface area contributed by atoms with E-state index < -0.39 is 82.0 Å². The van der Waals surface area contributed by atoms with E-state index in [1.807, 2.05) is 0 Å². The van der Waals surface area contributed by atoms with Crippen LogP contribution in [-0.2, 0) is 14.2 Å². The third kappa shape index (κ3) is 6.79. The molecule has 15 nitrogen and oxygen atoms in total. The molecule has 8 saturated carbocycles. The maximum Gasteiger partial charge on any atom is 0.335 e. The van der Waals surface area contributed by atoms with Crippen LogP contribution in [0.3, 0.4) is 0 Å². The van der Waals surface area contributed by atoms with Gasteiger partial charge in [-0.1, -0.05) is 44.6 Å². The van der Waals surface area contributed by atoms with Gasteiger partial charge in [0.05, 0.1) is 35.3 Å². The van der Waals surface area contributed by atoms with Crippen molar-refractivity contribution < 1.29 is 64.3 Å². The zero-order valence-corrected chi connectivity index (χ0v) is 47.6. The van der Waals surface area contributed by atoms with Gasteiger partial charge in [0, 0.05) is 52.5 Å². The number of phenolic OH excluding ortho intramolecular Hbond substituents is 2. The maximum absolute atomic E-state index is 13.5. The first-order chi connectivity index (χ1) is 38.8. The number of hydrogen-bond acceptors (Lipinski definition) is 14. The summed E-state index contributed by atoms with van der Waals surface area (Å²) >= 11 is 0. The second-order valence-corrected chi connectivity index (χ2v) is 30.5. The monoisotopic (exact) mass is 1110 g/mol. The first-order valence-corrected chi connectivity index (χ1v) is 31.8. The molecule has 0 aromatic heterocycles. The lowest BCUT2D eigenvalue weighted by Crippen LogP contribution is -2.81. The van der Waals surface area contributed by atoms with Gasteiger partial charge in [-0.3, -0.25) is 15.6 Å². The van der Waals surface area contributed by atoms with Gasteiger partial charge in [0.2, 0.25) is 6.29 Å². The van der Waals surface area contributed by atoms with Crippen LogP contribution in [0, 0.1) is 62.6 Å². The van der Waals surface area contributed by atoms with Crippen molar-refractivity contribution in [2.75, 3.05) is 19.8 Å². The summed E-state index contributed by atoms with van der Waals surface area (Å²) in [6.07, 6.45) is 22.5. The zero-order valence-electron chi connectivity index (χ0n) is 47.6. The minimum absolute atomic E-state index is 0.0449. The van der Waals surface area contributed by atoms with Gasteiger partial charge in [-0.05, 0) is 210 Å². The number of hydrogen-bond donors (Lipinski definition) is 9. The Bertz CT molecular complexity index is 3100. The third-order valence-corrected chi connectivity index (χ3v) is 27.0. The Labute approximate surface area is 474 Å². The molecule has 15 heteroatoms. The van der Waals surface area contributed by atoms with Crippen LogP contribution in [0.15, 0.2) is 34.9 Å². The Kier molecular flexibility index (Phi) is 11.4. The molecule has 81 heavy (non-hydrogen) atoms. The molecule has 2 aromatic rings. The molecule has 5 heterocycles. The molecule has 0 radical (unpaired) electrons. The fraction of sp³-hybridized carbons (Fsp3) is 0.758. The molecular weight excluding hydrogens is 1030 g/mol. The molecule has 16 atom stereocenters. The van der Waals surface area contributed by atoms with Crippen molar-refractivity contribution in [2.24, 2.45) is 55.7 Å². The summed E-state index contributed by atoms with van der Waals surface area (Å²) in [5.41, 5.74) is 10.1. The van der Waals surface area contributed by atoms with Crippen LogP contribution < -0.4 is 15.6 Å². The van der Waals surface area contributed by atoms with Crippen LogP contribution in [0.4, 0.5) is 0 Å². The Morgan fingerprint density at radius 1 is 0.802 bits per heavy atom. The summed E-state index contributed by atoms with van der Waals surface area (Å²) in [7, 11) is 0. The number of nitrogens with one attached hydrogen (secondary N) is 2. The summed E-state index contributed by atoms with van der Waals surface area (Å²) < 4.78 is 28.5. The number of aliphatic hydroxyl groups is 4. The predicted molar refractivity (Wildman–Crippen MR) is 297 cm³/mol. The summed E-state index contributed by atoms with van der Waals surface area (Å²) in [6, 6.07) is 2.64. The topological polar surface area (TPSA) is 237 Å². The maximum atomic E-state index is 13.5. The molecule has 8 spiro atoms. The minimum atomic E-state index is -1.82. The highest BCUT2D eigenvalue weighted by Crippen LogP contribution is 2.83. The lowest BCUT2D eigenvalue weighted by atomic mass is 9.38. The number of carboxylic acid groups (broad SMARTS) is 1. The van der Waals surface area contributed by atoms with Crippen molar-refractivity contribution in [1.29, 1.82) is 0 Å². The predicted octanol–water partition coefficient (Wildman–Crippen LogP) is 9.28. The first-order valence-electron chi connectivity index (χ1n) is 31.8. The molecule has 438 valence electrons. The highest BCUT2D eigenvalue weighted by atomic mass is 16.7. The number of rotatable bonds is 7. The number of carboxylic acids is 1. The number of carbonyl (C=O) groups excluding carboxylic acids is 1. The molecule has 2 aromatic carbocycles. The van der Waals surface area contributed by atoms with Gasteiger partial charge in [0.25, 0.3) is 0 Å². The summed E-state index contributed by atoms with van der Waals surface area (Å²) in [5.74, 6) is -3.06. The molecule has 16 unspecified atom stereocenters. The average molecular weight is 1120 g/mol. The van der Waals surface area contributed by atoms with Crippen LogP contribution in [0.5, 0.6) is 17.2 Å². The quantitative estimate of drug-likeness (QED) is 0.0928. The first kappa shape index (κ1) is 52.9. The van der Waals surface area contributed by atoms with Gasteiger partial charge in [-0.2, -0.15) is 0 Å². The molecular formula is C66H86N2O13. The van der Waals surface area contributed by atoms with E-state index in [-0.39, 0.29) is 80.9 Å². The standard InChI is InChI=1S/C66H86N2O13/c1-35-46(36(2)70)50(72)48-40(49(35)71)22-37(56(76)77)23-43(48)79-57-51(73)53(74)66-25-42-47-39(44(81-66)26-60(16-7-8-17-60)54(75)55(66)80-57)10-11-41(47)64(18-9-21-69)34-78-28-38-24-61-32-63(27-45(61)67-68-65(42,33-61)52(38)64)31-59(14-5-6-15-59)30-62(63)20-19-58(29-62)12-3-4-13-58/h11,22-23,38,42,44-45,51-55,57,67-69,71-75H,3-10,12-21,24-34H2,1-2H3,(H,76,77). The van der Waals surface area contributed by atoms with Crippen molar-refractivity contribution in [2.45, 2.75) is 235 Å². The van der Waals surface area contributed by atoms with Gasteiger partial charge in [0.1, 0.15) is 41.2 Å². The van der Waals surface area contributed by atoms with Crippen LogP contribution >= 0.6 is 0 Å². The molecule has 5 aliphatic heterocycles. The molecule has 4 bridgehead atoms. The largest absolute Gasteiger partial charge is 0.507 e. The van der Waals surface area contributed by atoms with E-state index in [1.54, 1.807) is 0 Å². The fourth-order valence-electron chi connectivity index (χ4n) is 24.5. The Morgan fingerprint density at radius 2 is 1.53 bits per heavy atom. The lowest BCUT2D eigenvalue weighted by Gasteiger charge is -2.72. The number of ether oxygens (including phenoxy) is 4. The van der Waals surface area contributed by atoms with Crippen molar-refractivity contribution in [3.63, 3.8) is 0 Å². The van der Waals surface area contributed by atoms with Gasteiger partial charge in [-0.15, -0.1) is 0 Å². The molecule has 0 amide bonds. The van der Waals surface area contributed by atoms with Gasteiger partial charge >= 0.3 is 5.97 Å². The number of carbonyl (C=O) groups is 2. The van der Waals surface area contributed by atoms with Crippen LogP contribution in [0.25, 0.3) is 10.8 Å². The minimum Gasteiger partial charge on any atom is -0.507 e. The van der Waals surface area contributed by atoms with Gasteiger partial charge in [-0.25, -0.2) is 4.79 Å². The van der Waals surface area contributed by atoms with E-state index in [0.717, 1.165) is 38.2 Å². The molecule has 4 saturated heterocycles. The highest BCUT2D eigenvalue weighted by molar-refractivity contribution is 6.11. The summed E-state index contributed by atoms with van der Waals surface area (Å²) in [5, 5.41) is 84.2. The lowest BCUT2D eigenvalue weighted by molar-refractivity contribution is -0.340. The number of phenols is 2. The average Bonchev–Trinajstić information content (AvgIpc) is 2.18. The molecule has 9 aliphatic carbocycles. The van der Waals surface area contributed by atoms with Gasteiger partial charge < -0.3 is 54.7 Å². The Hall–Kier alpha value is -3.64. The van der Waals surface area contributed by atoms with Crippen molar-refractivity contribution in [3.8, 4) is 17.2 Å². The van der Waals surface area contributed by atoms with E-state index in [2.05, 4.69) is 16.9 Å². The van der Waals surface area contributed by atoms with Crippen LogP contribution in [0.1, 0.15) is 200 Å². The van der Waals surface area contributed by atoms with E-state index in [1.165, 1.54) is 133 Å². The van der Waals surface area contributed by atoms with E-state index in [0.29, 0.717) is 61.6 Å².